The maximum atomic E-state index is 3.81. The highest BCUT2D eigenvalue weighted by molar-refractivity contribution is 4.63. The molecule has 0 aromatic rings. The molecular formula is C10H22N. The van der Waals surface area contributed by atoms with E-state index in [-0.39, 0.29) is 0 Å². The van der Waals surface area contributed by atoms with Gasteiger partial charge in [-0.05, 0) is 25.8 Å². The van der Waals surface area contributed by atoms with Gasteiger partial charge in [0.25, 0.3) is 0 Å². The Morgan fingerprint density at radius 1 is 1.36 bits per heavy atom. The van der Waals surface area contributed by atoms with Crippen molar-refractivity contribution in [2.24, 2.45) is 0 Å². The van der Waals surface area contributed by atoms with Crippen molar-refractivity contribution in [3.8, 4) is 0 Å². The van der Waals surface area contributed by atoms with Gasteiger partial charge in [-0.25, -0.2) is 0 Å². The van der Waals surface area contributed by atoms with Gasteiger partial charge in [0.15, 0.2) is 0 Å². The van der Waals surface area contributed by atoms with Gasteiger partial charge in [-0.1, -0.05) is 33.6 Å². The van der Waals surface area contributed by atoms with Gasteiger partial charge in [-0.15, -0.1) is 0 Å². The van der Waals surface area contributed by atoms with Crippen molar-refractivity contribution < 1.29 is 0 Å². The van der Waals surface area contributed by atoms with Crippen LogP contribution in [-0.4, -0.2) is 12.6 Å². The maximum Gasteiger partial charge on any atom is 0.00643 e. The Bertz CT molecular complexity index is 71.3. The molecule has 1 unspecified atom stereocenters. The fourth-order valence-electron chi connectivity index (χ4n) is 1.23. The van der Waals surface area contributed by atoms with Crippen molar-refractivity contribution in [1.29, 1.82) is 0 Å². The molecule has 0 aliphatic heterocycles. The van der Waals surface area contributed by atoms with E-state index in [1.165, 1.54) is 25.7 Å². The van der Waals surface area contributed by atoms with E-state index in [2.05, 4.69) is 26.1 Å². The molecule has 0 aromatic carbocycles. The summed E-state index contributed by atoms with van der Waals surface area (Å²) in [7, 11) is 0. The van der Waals surface area contributed by atoms with E-state index in [4.69, 9.17) is 0 Å². The first-order valence-corrected chi connectivity index (χ1v) is 4.87. The van der Waals surface area contributed by atoms with E-state index in [1.54, 1.807) is 0 Å². The molecule has 0 aliphatic carbocycles. The molecule has 1 radical (unpaired) electrons. The summed E-state index contributed by atoms with van der Waals surface area (Å²) >= 11 is 0. The van der Waals surface area contributed by atoms with Crippen molar-refractivity contribution in [3.63, 3.8) is 0 Å². The fraction of sp³-hybridized carbons (Fsp3) is 0.900. The SMILES string of the molecule is [CH2]CCCNC(CC)CCC. The van der Waals surface area contributed by atoms with Crippen LogP contribution in [0.4, 0.5) is 0 Å². The number of nitrogens with one attached hydrogen (secondary N) is 1. The molecule has 0 fully saturated rings. The van der Waals surface area contributed by atoms with Crippen LogP contribution in [0.15, 0.2) is 0 Å². The zero-order chi connectivity index (χ0) is 8.53. The van der Waals surface area contributed by atoms with Crippen LogP contribution >= 0.6 is 0 Å². The van der Waals surface area contributed by atoms with Crippen LogP contribution in [0.5, 0.6) is 0 Å². The quantitative estimate of drug-likeness (QED) is 0.559. The van der Waals surface area contributed by atoms with Crippen LogP contribution in [-0.2, 0) is 0 Å². The Morgan fingerprint density at radius 3 is 2.55 bits per heavy atom. The normalized spacial score (nSPS) is 13.4. The molecule has 1 heteroatoms. The van der Waals surface area contributed by atoms with Crippen molar-refractivity contribution in [2.45, 2.75) is 52.0 Å². The van der Waals surface area contributed by atoms with Gasteiger partial charge in [0.1, 0.15) is 0 Å². The summed E-state index contributed by atoms with van der Waals surface area (Å²) in [5.74, 6) is 0. The van der Waals surface area contributed by atoms with Crippen LogP contribution in [0.3, 0.4) is 0 Å². The summed E-state index contributed by atoms with van der Waals surface area (Å²) in [6.45, 7) is 9.44. The Balaban J connectivity index is 3.20. The van der Waals surface area contributed by atoms with Crippen molar-refractivity contribution in [3.05, 3.63) is 6.92 Å². The minimum absolute atomic E-state index is 0.742. The van der Waals surface area contributed by atoms with Crippen LogP contribution in [0, 0.1) is 6.92 Å². The number of hydrogen-bond donors (Lipinski definition) is 1. The van der Waals surface area contributed by atoms with Gasteiger partial charge in [0.05, 0.1) is 0 Å². The lowest BCUT2D eigenvalue weighted by atomic mass is 10.1. The monoisotopic (exact) mass is 156 g/mol. The summed E-state index contributed by atoms with van der Waals surface area (Å²) in [6, 6.07) is 0.742. The standard InChI is InChI=1S/C10H22N/c1-4-7-9-11-10(6-3)8-5-2/h10-11H,1,4-9H2,2-3H3. The first-order valence-electron chi connectivity index (χ1n) is 4.87. The molecule has 0 saturated carbocycles. The molecule has 0 heterocycles. The summed E-state index contributed by atoms with van der Waals surface area (Å²) in [6.07, 6.45) is 6.12. The molecule has 67 valence electrons. The zero-order valence-electron chi connectivity index (χ0n) is 8.03. The van der Waals surface area contributed by atoms with Gasteiger partial charge in [-0.3, -0.25) is 0 Å². The highest BCUT2D eigenvalue weighted by atomic mass is 14.9. The Hall–Kier alpha value is -0.0400. The van der Waals surface area contributed by atoms with Crippen LogP contribution in [0.25, 0.3) is 0 Å². The summed E-state index contributed by atoms with van der Waals surface area (Å²) in [5.41, 5.74) is 0. The van der Waals surface area contributed by atoms with E-state index >= 15 is 0 Å². The maximum absolute atomic E-state index is 3.81. The summed E-state index contributed by atoms with van der Waals surface area (Å²) in [5, 5.41) is 3.53. The first-order chi connectivity index (χ1) is 5.35. The van der Waals surface area contributed by atoms with E-state index in [0.717, 1.165) is 19.0 Å². The Labute approximate surface area is 71.6 Å². The minimum Gasteiger partial charge on any atom is -0.314 e. The van der Waals surface area contributed by atoms with Gasteiger partial charge in [-0.2, -0.15) is 0 Å². The highest BCUT2D eigenvalue weighted by Gasteiger charge is 2.01. The van der Waals surface area contributed by atoms with Gasteiger partial charge < -0.3 is 5.32 Å². The van der Waals surface area contributed by atoms with Crippen molar-refractivity contribution in [1.82, 2.24) is 5.32 Å². The Morgan fingerprint density at radius 2 is 2.09 bits per heavy atom. The smallest absolute Gasteiger partial charge is 0.00643 e. The predicted octanol–water partition coefficient (Wildman–Crippen LogP) is 2.77. The molecule has 1 atom stereocenters. The second kappa shape index (κ2) is 8.06. The minimum atomic E-state index is 0.742. The molecule has 0 amide bonds. The van der Waals surface area contributed by atoms with E-state index in [9.17, 15) is 0 Å². The summed E-state index contributed by atoms with van der Waals surface area (Å²) in [4.78, 5) is 0. The number of unbranched alkanes of at least 4 members (excludes halogenated alkanes) is 1. The lowest BCUT2D eigenvalue weighted by molar-refractivity contribution is 0.460. The lowest BCUT2D eigenvalue weighted by Gasteiger charge is -2.15. The fourth-order valence-corrected chi connectivity index (χ4v) is 1.23. The molecule has 0 rings (SSSR count). The number of rotatable bonds is 7. The van der Waals surface area contributed by atoms with Crippen molar-refractivity contribution >= 4 is 0 Å². The molecule has 0 bridgehead atoms. The molecule has 1 nitrogen and oxygen atoms in total. The predicted molar refractivity (Wildman–Crippen MR) is 51.6 cm³/mol. The van der Waals surface area contributed by atoms with Crippen molar-refractivity contribution in [2.75, 3.05) is 6.54 Å². The van der Waals surface area contributed by atoms with Gasteiger partial charge in [0.2, 0.25) is 0 Å². The average Bonchev–Trinajstić information content (AvgIpc) is 2.03. The van der Waals surface area contributed by atoms with E-state index in [0.29, 0.717) is 0 Å². The first kappa shape index (κ1) is 11.0. The lowest BCUT2D eigenvalue weighted by Crippen LogP contribution is -2.28. The summed E-state index contributed by atoms with van der Waals surface area (Å²) < 4.78 is 0. The molecular weight excluding hydrogens is 134 g/mol. The van der Waals surface area contributed by atoms with Crippen LogP contribution < -0.4 is 5.32 Å². The molecule has 0 saturated heterocycles. The van der Waals surface area contributed by atoms with Crippen LogP contribution in [0.1, 0.15) is 46.0 Å². The largest absolute Gasteiger partial charge is 0.314 e. The molecule has 0 spiro atoms. The molecule has 1 N–H and O–H groups in total. The third-order valence-electron chi connectivity index (χ3n) is 1.99. The molecule has 0 aromatic heterocycles. The topological polar surface area (TPSA) is 12.0 Å². The van der Waals surface area contributed by atoms with E-state index in [1.807, 2.05) is 0 Å². The third kappa shape index (κ3) is 6.36. The third-order valence-corrected chi connectivity index (χ3v) is 1.99. The average molecular weight is 156 g/mol. The highest BCUT2D eigenvalue weighted by Crippen LogP contribution is 2.00. The van der Waals surface area contributed by atoms with Gasteiger partial charge >= 0.3 is 0 Å². The molecule has 11 heavy (non-hydrogen) atoms. The Kier molecular flexibility index (Phi) is 8.03. The van der Waals surface area contributed by atoms with Crippen LogP contribution in [0.2, 0.25) is 0 Å². The second-order valence-corrected chi connectivity index (χ2v) is 3.06. The van der Waals surface area contributed by atoms with Gasteiger partial charge in [0, 0.05) is 6.04 Å². The zero-order valence-corrected chi connectivity index (χ0v) is 8.03. The second-order valence-electron chi connectivity index (χ2n) is 3.06. The number of hydrogen-bond acceptors (Lipinski definition) is 1. The van der Waals surface area contributed by atoms with E-state index < -0.39 is 0 Å². The molecule has 0 aliphatic rings.